The molecule has 0 radical (unpaired) electrons. The van der Waals surface area contributed by atoms with E-state index in [0.717, 1.165) is 11.8 Å². The van der Waals surface area contributed by atoms with Gasteiger partial charge in [0.2, 0.25) is 11.1 Å². The normalized spacial score (nSPS) is 10.4. The highest BCUT2D eigenvalue weighted by Crippen LogP contribution is 2.23. The molecule has 1 aromatic heterocycles. The lowest BCUT2D eigenvalue weighted by molar-refractivity contribution is -0.384. The summed E-state index contributed by atoms with van der Waals surface area (Å²) in [5.74, 6) is 0.341. The van der Waals surface area contributed by atoms with Gasteiger partial charge in [0.05, 0.1) is 15.5 Å². The molecule has 8 nitrogen and oxygen atoms in total. The summed E-state index contributed by atoms with van der Waals surface area (Å²) in [5, 5.41) is 20.2. The molecule has 0 fully saturated rings. The van der Waals surface area contributed by atoms with Crippen molar-refractivity contribution in [2.24, 2.45) is 0 Å². The largest absolute Gasteiger partial charge is 0.291 e. The number of aromatic amines is 1. The number of carbonyl (C=O) groups is 1. The third kappa shape index (κ3) is 3.70. The molecule has 0 atom stereocenters. The van der Waals surface area contributed by atoms with Crippen LogP contribution in [-0.2, 0) is 0 Å². The van der Waals surface area contributed by atoms with Crippen LogP contribution in [0.2, 0.25) is 5.02 Å². The molecule has 0 unspecified atom stereocenters. The molecular formula is C11H10ClN5O3S. The first-order valence-corrected chi connectivity index (χ1v) is 7.18. The second kappa shape index (κ2) is 6.55. The molecular weight excluding hydrogens is 318 g/mol. The number of hydrogen-bond acceptors (Lipinski definition) is 6. The van der Waals surface area contributed by atoms with Crippen molar-refractivity contribution in [2.75, 3.05) is 11.1 Å². The number of nitro benzene ring substituents is 1. The van der Waals surface area contributed by atoms with Crippen LogP contribution in [0.3, 0.4) is 0 Å². The Labute approximate surface area is 128 Å². The van der Waals surface area contributed by atoms with Gasteiger partial charge in [0.25, 0.3) is 11.6 Å². The van der Waals surface area contributed by atoms with Crippen LogP contribution in [0.1, 0.15) is 17.3 Å². The van der Waals surface area contributed by atoms with Crippen LogP contribution in [0.25, 0.3) is 0 Å². The smallest absolute Gasteiger partial charge is 0.270 e. The summed E-state index contributed by atoms with van der Waals surface area (Å²) in [6.45, 7) is 1.95. The van der Waals surface area contributed by atoms with E-state index in [1.807, 2.05) is 6.92 Å². The number of benzene rings is 1. The first kappa shape index (κ1) is 15.3. The van der Waals surface area contributed by atoms with Crippen molar-refractivity contribution in [3.63, 3.8) is 0 Å². The molecule has 2 N–H and O–H groups in total. The lowest BCUT2D eigenvalue weighted by atomic mass is 10.2. The van der Waals surface area contributed by atoms with Gasteiger partial charge in [-0.05, 0) is 11.8 Å². The van der Waals surface area contributed by atoms with E-state index >= 15 is 0 Å². The maximum Gasteiger partial charge on any atom is 0.270 e. The lowest BCUT2D eigenvalue weighted by Gasteiger charge is -2.03. The van der Waals surface area contributed by atoms with Crippen molar-refractivity contribution >= 4 is 40.9 Å². The van der Waals surface area contributed by atoms with E-state index in [4.69, 9.17) is 11.6 Å². The average Bonchev–Trinajstić information content (AvgIpc) is 2.86. The van der Waals surface area contributed by atoms with E-state index in [9.17, 15) is 14.9 Å². The molecule has 2 rings (SSSR count). The number of nitrogens with one attached hydrogen (secondary N) is 2. The summed E-state index contributed by atoms with van der Waals surface area (Å²) in [4.78, 5) is 26.2. The summed E-state index contributed by atoms with van der Waals surface area (Å²) in [7, 11) is 0. The summed E-state index contributed by atoms with van der Waals surface area (Å²) >= 11 is 7.29. The Hall–Kier alpha value is -2.13. The molecule has 0 saturated heterocycles. The molecule has 0 bridgehead atoms. The van der Waals surface area contributed by atoms with Crippen LogP contribution in [0.15, 0.2) is 23.4 Å². The number of halogens is 1. The lowest BCUT2D eigenvalue weighted by Crippen LogP contribution is -2.14. The van der Waals surface area contributed by atoms with Crippen LogP contribution in [0, 0.1) is 10.1 Å². The van der Waals surface area contributed by atoms with Crippen molar-refractivity contribution in [3.8, 4) is 0 Å². The SMILES string of the molecule is CCSc1n[nH]c(NC(=O)c2cc([N+](=O)[O-])ccc2Cl)n1. The minimum absolute atomic E-state index is 0.00744. The minimum atomic E-state index is -0.604. The fraction of sp³-hybridized carbons (Fsp3) is 0.182. The van der Waals surface area contributed by atoms with Gasteiger partial charge in [0, 0.05) is 12.1 Å². The van der Waals surface area contributed by atoms with E-state index in [1.165, 1.54) is 23.9 Å². The molecule has 0 saturated carbocycles. The molecule has 0 aliphatic rings. The van der Waals surface area contributed by atoms with Gasteiger partial charge in [-0.3, -0.25) is 20.2 Å². The molecule has 21 heavy (non-hydrogen) atoms. The maximum atomic E-state index is 12.1. The van der Waals surface area contributed by atoms with Gasteiger partial charge in [-0.25, -0.2) is 5.10 Å². The molecule has 0 spiro atoms. The Kier molecular flexibility index (Phi) is 4.76. The number of H-pyrrole nitrogens is 1. The van der Waals surface area contributed by atoms with Crippen molar-refractivity contribution < 1.29 is 9.72 Å². The van der Waals surface area contributed by atoms with Crippen LogP contribution >= 0.6 is 23.4 Å². The predicted octanol–water partition coefficient (Wildman–Crippen LogP) is 2.73. The molecule has 1 amide bonds. The van der Waals surface area contributed by atoms with Crippen molar-refractivity contribution in [1.82, 2.24) is 15.2 Å². The summed E-state index contributed by atoms with van der Waals surface area (Å²) in [6.07, 6.45) is 0. The fourth-order valence-corrected chi connectivity index (χ4v) is 2.20. The first-order chi connectivity index (χ1) is 10.0. The van der Waals surface area contributed by atoms with Crippen molar-refractivity contribution in [3.05, 3.63) is 38.9 Å². The zero-order chi connectivity index (χ0) is 15.4. The molecule has 2 aromatic rings. The highest BCUT2D eigenvalue weighted by Gasteiger charge is 2.17. The molecule has 110 valence electrons. The van der Waals surface area contributed by atoms with E-state index < -0.39 is 10.8 Å². The van der Waals surface area contributed by atoms with Gasteiger partial charge < -0.3 is 0 Å². The third-order valence-electron chi connectivity index (χ3n) is 2.38. The number of nitrogens with zero attached hydrogens (tertiary/aromatic N) is 3. The molecule has 1 aromatic carbocycles. The Balaban J connectivity index is 2.19. The second-order valence-corrected chi connectivity index (χ2v) is 5.41. The first-order valence-electron chi connectivity index (χ1n) is 5.81. The number of aromatic nitrogens is 3. The summed E-state index contributed by atoms with van der Waals surface area (Å²) in [6, 6.07) is 3.63. The van der Waals surface area contributed by atoms with Crippen LogP contribution in [0.4, 0.5) is 11.6 Å². The minimum Gasteiger partial charge on any atom is -0.291 e. The number of carbonyl (C=O) groups excluding carboxylic acids is 1. The van der Waals surface area contributed by atoms with Gasteiger partial charge in [0.15, 0.2) is 0 Å². The fourth-order valence-electron chi connectivity index (χ4n) is 1.47. The van der Waals surface area contributed by atoms with Crippen LogP contribution in [0.5, 0.6) is 0 Å². The zero-order valence-electron chi connectivity index (χ0n) is 10.8. The molecule has 0 aliphatic heterocycles. The zero-order valence-corrected chi connectivity index (χ0v) is 12.4. The number of thioether (sulfide) groups is 1. The summed E-state index contributed by atoms with van der Waals surface area (Å²) < 4.78 is 0. The van der Waals surface area contributed by atoms with Gasteiger partial charge in [-0.1, -0.05) is 30.3 Å². The predicted molar refractivity (Wildman–Crippen MR) is 78.8 cm³/mol. The number of anilines is 1. The number of nitro groups is 1. The monoisotopic (exact) mass is 327 g/mol. The van der Waals surface area contributed by atoms with Gasteiger partial charge in [0.1, 0.15) is 0 Å². The van der Waals surface area contributed by atoms with Crippen LogP contribution in [-0.4, -0.2) is 31.8 Å². The highest BCUT2D eigenvalue weighted by atomic mass is 35.5. The quantitative estimate of drug-likeness (QED) is 0.496. The number of hydrogen-bond donors (Lipinski definition) is 2. The Morgan fingerprint density at radius 3 is 3.00 bits per heavy atom. The van der Waals surface area contributed by atoms with E-state index in [0.29, 0.717) is 5.16 Å². The Bertz CT molecular complexity index is 690. The highest BCUT2D eigenvalue weighted by molar-refractivity contribution is 7.99. The topological polar surface area (TPSA) is 114 Å². The van der Waals surface area contributed by atoms with E-state index in [2.05, 4.69) is 20.5 Å². The van der Waals surface area contributed by atoms with Crippen molar-refractivity contribution in [2.45, 2.75) is 12.1 Å². The van der Waals surface area contributed by atoms with Gasteiger partial charge in [-0.15, -0.1) is 5.10 Å². The second-order valence-electron chi connectivity index (χ2n) is 3.77. The van der Waals surface area contributed by atoms with E-state index in [1.54, 1.807) is 0 Å². The maximum absolute atomic E-state index is 12.1. The van der Waals surface area contributed by atoms with Gasteiger partial charge >= 0.3 is 0 Å². The van der Waals surface area contributed by atoms with E-state index in [-0.39, 0.29) is 22.2 Å². The third-order valence-corrected chi connectivity index (χ3v) is 3.43. The molecule has 10 heteroatoms. The number of amides is 1. The van der Waals surface area contributed by atoms with Crippen molar-refractivity contribution in [1.29, 1.82) is 0 Å². The van der Waals surface area contributed by atoms with Crippen LogP contribution < -0.4 is 5.32 Å². The summed E-state index contributed by atoms with van der Waals surface area (Å²) in [5.41, 5.74) is -0.226. The van der Waals surface area contributed by atoms with Gasteiger partial charge in [-0.2, -0.15) is 4.98 Å². The average molecular weight is 328 g/mol. The Morgan fingerprint density at radius 1 is 1.57 bits per heavy atom. The number of non-ortho nitro benzene ring substituents is 1. The molecule has 1 heterocycles. The number of rotatable bonds is 5. The molecule has 0 aliphatic carbocycles. The standard InChI is InChI=1S/C11H10ClN5O3S/c1-2-21-11-14-10(15-16-11)13-9(18)7-5-6(17(19)20)3-4-8(7)12/h3-5H,2H2,1H3,(H2,13,14,15,16,18). The Morgan fingerprint density at radius 2 is 2.33 bits per heavy atom.